The zero-order valence-corrected chi connectivity index (χ0v) is 13.8. The van der Waals surface area contributed by atoms with Gasteiger partial charge in [0.1, 0.15) is 0 Å². The first-order valence-corrected chi connectivity index (χ1v) is 8.50. The summed E-state index contributed by atoms with van der Waals surface area (Å²) in [6.45, 7) is 2.29. The van der Waals surface area contributed by atoms with E-state index in [4.69, 9.17) is 0 Å². The molecule has 118 valence electrons. The van der Waals surface area contributed by atoms with Crippen LogP contribution in [-0.2, 0) is 0 Å². The molecule has 1 heteroatoms. The van der Waals surface area contributed by atoms with E-state index in [-0.39, 0.29) is 6.04 Å². The standard InChI is InChI=1S/C23H21N/c1-18(19-10-4-2-5-11-19)24-22-15-9-8-14-21(22)16-17-23(24)20-12-6-3-7-13-20/h2-18,23H,1H3/t18-,23+/m0/s1. The fourth-order valence-electron chi connectivity index (χ4n) is 3.56. The number of nitrogens with zero attached hydrogens (tertiary/aromatic N) is 1. The van der Waals surface area contributed by atoms with Crippen molar-refractivity contribution in [3.8, 4) is 0 Å². The molecule has 0 fully saturated rings. The Morgan fingerprint density at radius 3 is 2.12 bits per heavy atom. The summed E-state index contributed by atoms with van der Waals surface area (Å²) in [7, 11) is 0. The smallest absolute Gasteiger partial charge is 0.0736 e. The van der Waals surface area contributed by atoms with Gasteiger partial charge in [0.25, 0.3) is 0 Å². The lowest BCUT2D eigenvalue weighted by molar-refractivity contribution is 0.618. The van der Waals surface area contributed by atoms with Gasteiger partial charge in [0, 0.05) is 5.69 Å². The first-order chi connectivity index (χ1) is 11.8. The first kappa shape index (κ1) is 14.8. The summed E-state index contributed by atoms with van der Waals surface area (Å²) >= 11 is 0. The molecule has 0 N–H and O–H groups in total. The highest BCUT2D eigenvalue weighted by atomic mass is 15.2. The third-order valence-electron chi connectivity index (χ3n) is 4.81. The van der Waals surface area contributed by atoms with Crippen LogP contribution in [0.2, 0.25) is 0 Å². The van der Waals surface area contributed by atoms with Crippen molar-refractivity contribution < 1.29 is 0 Å². The van der Waals surface area contributed by atoms with Crippen LogP contribution in [0.4, 0.5) is 5.69 Å². The van der Waals surface area contributed by atoms with Crippen molar-refractivity contribution in [1.82, 2.24) is 0 Å². The molecule has 0 aliphatic carbocycles. The van der Waals surface area contributed by atoms with E-state index in [0.29, 0.717) is 6.04 Å². The molecule has 0 unspecified atom stereocenters. The molecule has 0 saturated carbocycles. The largest absolute Gasteiger partial charge is 0.354 e. The molecule has 0 aromatic heterocycles. The van der Waals surface area contributed by atoms with Gasteiger partial charge in [-0.05, 0) is 29.7 Å². The summed E-state index contributed by atoms with van der Waals surface area (Å²) < 4.78 is 0. The van der Waals surface area contributed by atoms with Gasteiger partial charge in [0.05, 0.1) is 12.1 Å². The molecule has 1 heterocycles. The van der Waals surface area contributed by atoms with Gasteiger partial charge in [-0.15, -0.1) is 0 Å². The van der Waals surface area contributed by atoms with Gasteiger partial charge in [-0.25, -0.2) is 0 Å². The number of hydrogen-bond donors (Lipinski definition) is 0. The van der Waals surface area contributed by atoms with E-state index in [9.17, 15) is 0 Å². The minimum Gasteiger partial charge on any atom is -0.354 e. The molecule has 2 atom stereocenters. The molecule has 0 radical (unpaired) electrons. The monoisotopic (exact) mass is 311 g/mol. The van der Waals surface area contributed by atoms with Crippen LogP contribution in [0.25, 0.3) is 6.08 Å². The van der Waals surface area contributed by atoms with E-state index in [1.165, 1.54) is 22.4 Å². The highest BCUT2D eigenvalue weighted by Gasteiger charge is 2.28. The molecule has 1 aliphatic heterocycles. The van der Waals surface area contributed by atoms with Gasteiger partial charge in [-0.1, -0.05) is 91.0 Å². The Hall–Kier alpha value is -2.80. The predicted octanol–water partition coefficient (Wildman–Crippen LogP) is 6.02. The van der Waals surface area contributed by atoms with Crippen molar-refractivity contribution in [3.63, 3.8) is 0 Å². The summed E-state index contributed by atoms with van der Waals surface area (Å²) in [5.74, 6) is 0. The molecule has 24 heavy (non-hydrogen) atoms. The van der Waals surface area contributed by atoms with Crippen molar-refractivity contribution in [1.29, 1.82) is 0 Å². The third kappa shape index (κ3) is 2.63. The Morgan fingerprint density at radius 1 is 0.750 bits per heavy atom. The van der Waals surface area contributed by atoms with Crippen LogP contribution >= 0.6 is 0 Å². The SMILES string of the molecule is C[C@@H](c1ccccc1)N1c2ccccc2C=C[C@@H]1c1ccccc1. The van der Waals surface area contributed by atoms with Gasteiger partial charge in [-0.2, -0.15) is 0 Å². The quantitative estimate of drug-likeness (QED) is 0.571. The first-order valence-electron chi connectivity index (χ1n) is 8.50. The maximum atomic E-state index is 2.53. The molecule has 1 aliphatic rings. The van der Waals surface area contributed by atoms with Gasteiger partial charge in [0.15, 0.2) is 0 Å². The molecule has 1 nitrogen and oxygen atoms in total. The van der Waals surface area contributed by atoms with Crippen molar-refractivity contribution in [2.45, 2.75) is 19.0 Å². The van der Waals surface area contributed by atoms with Crippen LogP contribution in [-0.4, -0.2) is 0 Å². The Morgan fingerprint density at radius 2 is 1.38 bits per heavy atom. The zero-order valence-electron chi connectivity index (χ0n) is 13.8. The Bertz CT molecular complexity index is 836. The highest BCUT2D eigenvalue weighted by Crippen LogP contribution is 2.41. The van der Waals surface area contributed by atoms with Gasteiger partial charge >= 0.3 is 0 Å². The van der Waals surface area contributed by atoms with Crippen LogP contribution in [0.3, 0.4) is 0 Å². The maximum Gasteiger partial charge on any atom is 0.0736 e. The number of anilines is 1. The average molecular weight is 311 g/mol. The minimum absolute atomic E-state index is 0.247. The second-order valence-corrected chi connectivity index (χ2v) is 6.27. The fraction of sp³-hybridized carbons (Fsp3) is 0.130. The van der Waals surface area contributed by atoms with Crippen molar-refractivity contribution in [2.75, 3.05) is 4.90 Å². The molecule has 0 spiro atoms. The zero-order chi connectivity index (χ0) is 16.4. The van der Waals surface area contributed by atoms with E-state index in [1.54, 1.807) is 0 Å². The van der Waals surface area contributed by atoms with E-state index >= 15 is 0 Å². The van der Waals surface area contributed by atoms with Gasteiger partial charge in [-0.3, -0.25) is 0 Å². The Labute approximate surface area is 143 Å². The molecular weight excluding hydrogens is 290 g/mol. The van der Waals surface area contributed by atoms with Crippen LogP contribution in [0.5, 0.6) is 0 Å². The average Bonchev–Trinajstić information content (AvgIpc) is 2.68. The lowest BCUT2D eigenvalue weighted by Gasteiger charge is -2.40. The number of hydrogen-bond acceptors (Lipinski definition) is 1. The summed E-state index contributed by atoms with van der Waals surface area (Å²) in [6, 6.07) is 30.7. The second kappa shape index (κ2) is 6.37. The molecule has 4 rings (SSSR count). The van der Waals surface area contributed by atoms with E-state index in [1.807, 2.05) is 0 Å². The van der Waals surface area contributed by atoms with Crippen LogP contribution in [0, 0.1) is 0 Å². The third-order valence-corrected chi connectivity index (χ3v) is 4.81. The number of fused-ring (bicyclic) bond motifs is 1. The highest BCUT2D eigenvalue weighted by molar-refractivity contribution is 5.73. The van der Waals surface area contributed by atoms with E-state index in [2.05, 4.69) is 109 Å². The summed E-state index contributed by atoms with van der Waals surface area (Å²) in [5, 5.41) is 0. The number of rotatable bonds is 3. The maximum absolute atomic E-state index is 2.53. The topological polar surface area (TPSA) is 3.24 Å². The Balaban J connectivity index is 1.83. The van der Waals surface area contributed by atoms with Crippen molar-refractivity contribution in [2.24, 2.45) is 0 Å². The second-order valence-electron chi connectivity index (χ2n) is 6.27. The molecule has 3 aromatic carbocycles. The van der Waals surface area contributed by atoms with Crippen LogP contribution in [0.15, 0.2) is 91.0 Å². The molecule has 0 amide bonds. The van der Waals surface area contributed by atoms with Crippen LogP contribution < -0.4 is 4.90 Å². The van der Waals surface area contributed by atoms with E-state index < -0.39 is 0 Å². The Kier molecular flexibility index (Phi) is 3.92. The predicted molar refractivity (Wildman–Crippen MR) is 102 cm³/mol. The molecule has 0 saturated heterocycles. The number of benzene rings is 3. The lowest BCUT2D eigenvalue weighted by Crippen LogP contribution is -2.32. The van der Waals surface area contributed by atoms with Crippen LogP contribution in [0.1, 0.15) is 35.7 Å². The summed E-state index contributed by atoms with van der Waals surface area (Å²) in [5.41, 5.74) is 5.24. The molecular formula is C23H21N. The molecule has 3 aromatic rings. The summed E-state index contributed by atoms with van der Waals surface area (Å²) in [6.07, 6.45) is 4.57. The fourth-order valence-corrected chi connectivity index (χ4v) is 3.56. The van der Waals surface area contributed by atoms with E-state index in [0.717, 1.165) is 0 Å². The minimum atomic E-state index is 0.247. The molecule has 0 bridgehead atoms. The van der Waals surface area contributed by atoms with Gasteiger partial charge < -0.3 is 4.90 Å². The normalized spacial score (nSPS) is 17.4. The summed E-state index contributed by atoms with van der Waals surface area (Å²) in [4.78, 5) is 2.53. The van der Waals surface area contributed by atoms with Crippen molar-refractivity contribution >= 4 is 11.8 Å². The van der Waals surface area contributed by atoms with Crippen molar-refractivity contribution in [3.05, 3.63) is 108 Å². The number of para-hydroxylation sites is 1. The van der Waals surface area contributed by atoms with Gasteiger partial charge in [0.2, 0.25) is 0 Å². The lowest BCUT2D eigenvalue weighted by atomic mass is 9.93.